The first-order valence-electron chi connectivity index (χ1n) is 6.34. The summed E-state index contributed by atoms with van der Waals surface area (Å²) in [6, 6.07) is 17.1. The SMILES string of the molecule is N#Cc1ccc(-c2ccc(OCC(O)CN)cc2)cc1. The molecule has 0 aliphatic carbocycles. The van der Waals surface area contributed by atoms with Crippen LogP contribution in [-0.4, -0.2) is 24.4 Å². The van der Waals surface area contributed by atoms with E-state index < -0.39 is 6.10 Å². The minimum absolute atomic E-state index is 0.184. The number of nitrogens with two attached hydrogens (primary N) is 1. The molecule has 102 valence electrons. The minimum atomic E-state index is -0.645. The van der Waals surface area contributed by atoms with Crippen molar-refractivity contribution in [3.05, 3.63) is 54.1 Å². The average Bonchev–Trinajstić information content (AvgIpc) is 2.53. The summed E-state index contributed by atoms with van der Waals surface area (Å²) in [5, 5.41) is 18.1. The van der Waals surface area contributed by atoms with Crippen LogP contribution >= 0.6 is 0 Å². The Balaban J connectivity index is 2.05. The molecule has 0 radical (unpaired) electrons. The van der Waals surface area contributed by atoms with Crippen LogP contribution in [0.4, 0.5) is 0 Å². The lowest BCUT2D eigenvalue weighted by Crippen LogP contribution is -2.26. The lowest BCUT2D eigenvalue weighted by atomic mass is 10.0. The van der Waals surface area contributed by atoms with Gasteiger partial charge >= 0.3 is 0 Å². The second-order valence-electron chi connectivity index (χ2n) is 4.41. The number of nitrogens with zero attached hydrogens (tertiary/aromatic N) is 1. The van der Waals surface area contributed by atoms with Gasteiger partial charge in [-0.2, -0.15) is 5.26 Å². The first kappa shape index (κ1) is 14.1. The zero-order chi connectivity index (χ0) is 14.4. The monoisotopic (exact) mass is 268 g/mol. The molecular weight excluding hydrogens is 252 g/mol. The molecule has 0 bridgehead atoms. The van der Waals surface area contributed by atoms with Crippen molar-refractivity contribution < 1.29 is 9.84 Å². The lowest BCUT2D eigenvalue weighted by Gasteiger charge is -2.10. The Hall–Kier alpha value is -2.35. The molecule has 2 aromatic carbocycles. The Morgan fingerprint density at radius 2 is 1.60 bits per heavy atom. The highest BCUT2D eigenvalue weighted by molar-refractivity contribution is 5.64. The van der Waals surface area contributed by atoms with E-state index in [2.05, 4.69) is 6.07 Å². The third-order valence-electron chi connectivity index (χ3n) is 2.92. The second-order valence-corrected chi connectivity index (χ2v) is 4.41. The lowest BCUT2D eigenvalue weighted by molar-refractivity contribution is 0.114. The molecule has 3 N–H and O–H groups in total. The highest BCUT2D eigenvalue weighted by Gasteiger charge is 2.03. The van der Waals surface area contributed by atoms with Crippen LogP contribution in [0.3, 0.4) is 0 Å². The zero-order valence-corrected chi connectivity index (χ0v) is 11.0. The Morgan fingerprint density at radius 3 is 2.10 bits per heavy atom. The van der Waals surface area contributed by atoms with Crippen LogP contribution in [-0.2, 0) is 0 Å². The summed E-state index contributed by atoms with van der Waals surface area (Å²) in [6.07, 6.45) is -0.645. The zero-order valence-electron chi connectivity index (χ0n) is 11.0. The molecule has 0 fully saturated rings. The molecule has 0 saturated heterocycles. The molecule has 2 aromatic rings. The number of ether oxygens (including phenoxy) is 1. The van der Waals surface area contributed by atoms with Crippen LogP contribution in [0.5, 0.6) is 5.75 Å². The molecule has 2 rings (SSSR count). The fraction of sp³-hybridized carbons (Fsp3) is 0.188. The largest absolute Gasteiger partial charge is 0.491 e. The number of hydrogen-bond donors (Lipinski definition) is 2. The first-order valence-corrected chi connectivity index (χ1v) is 6.34. The summed E-state index contributed by atoms with van der Waals surface area (Å²) in [6.45, 7) is 0.371. The predicted molar refractivity (Wildman–Crippen MR) is 77.1 cm³/mol. The Morgan fingerprint density at radius 1 is 1.05 bits per heavy atom. The predicted octanol–water partition coefficient (Wildman–Crippen LogP) is 1.92. The van der Waals surface area contributed by atoms with Gasteiger partial charge in [0.05, 0.1) is 11.6 Å². The quantitative estimate of drug-likeness (QED) is 0.868. The van der Waals surface area contributed by atoms with Crippen molar-refractivity contribution in [1.82, 2.24) is 0 Å². The Bertz CT molecular complexity index is 585. The highest BCUT2D eigenvalue weighted by Crippen LogP contribution is 2.22. The maximum Gasteiger partial charge on any atom is 0.119 e. The van der Waals surface area contributed by atoms with Crippen molar-refractivity contribution in [1.29, 1.82) is 5.26 Å². The number of rotatable bonds is 5. The van der Waals surface area contributed by atoms with E-state index >= 15 is 0 Å². The van der Waals surface area contributed by atoms with Gasteiger partial charge in [-0.1, -0.05) is 24.3 Å². The summed E-state index contributed by atoms with van der Waals surface area (Å²) in [5.41, 5.74) is 8.03. The van der Waals surface area contributed by atoms with Gasteiger partial charge in [-0.25, -0.2) is 0 Å². The van der Waals surface area contributed by atoms with Crippen molar-refractivity contribution >= 4 is 0 Å². The Kier molecular flexibility index (Phi) is 4.72. The molecule has 20 heavy (non-hydrogen) atoms. The molecule has 0 aliphatic rings. The second kappa shape index (κ2) is 6.71. The van der Waals surface area contributed by atoms with Crippen molar-refractivity contribution in [2.45, 2.75) is 6.10 Å². The van der Waals surface area contributed by atoms with E-state index in [0.717, 1.165) is 11.1 Å². The number of benzene rings is 2. The highest BCUT2D eigenvalue weighted by atomic mass is 16.5. The number of aliphatic hydroxyl groups is 1. The summed E-state index contributed by atoms with van der Waals surface area (Å²) >= 11 is 0. The van der Waals surface area contributed by atoms with Gasteiger partial charge in [-0.15, -0.1) is 0 Å². The molecule has 0 aliphatic heterocycles. The van der Waals surface area contributed by atoms with Gasteiger partial charge in [-0.05, 0) is 35.4 Å². The van der Waals surface area contributed by atoms with Gasteiger partial charge < -0.3 is 15.6 Å². The maximum absolute atomic E-state index is 9.32. The fourth-order valence-corrected chi connectivity index (χ4v) is 1.74. The Labute approximate surface area is 118 Å². The van der Waals surface area contributed by atoms with E-state index in [-0.39, 0.29) is 13.2 Å². The van der Waals surface area contributed by atoms with E-state index in [1.165, 1.54) is 0 Å². The maximum atomic E-state index is 9.32. The minimum Gasteiger partial charge on any atom is -0.491 e. The normalized spacial score (nSPS) is 11.7. The summed E-state index contributed by atoms with van der Waals surface area (Å²) < 4.78 is 5.41. The smallest absolute Gasteiger partial charge is 0.119 e. The molecule has 4 nitrogen and oxygen atoms in total. The van der Waals surface area contributed by atoms with Crippen LogP contribution in [0.2, 0.25) is 0 Å². The van der Waals surface area contributed by atoms with Crippen LogP contribution in [0.15, 0.2) is 48.5 Å². The molecule has 0 heterocycles. The number of nitriles is 1. The number of hydrogen-bond acceptors (Lipinski definition) is 4. The average molecular weight is 268 g/mol. The van der Waals surface area contributed by atoms with E-state index in [4.69, 9.17) is 15.7 Å². The first-order chi connectivity index (χ1) is 9.72. The number of aliphatic hydroxyl groups excluding tert-OH is 1. The third kappa shape index (κ3) is 3.58. The van der Waals surface area contributed by atoms with Gasteiger partial charge in [0, 0.05) is 6.54 Å². The van der Waals surface area contributed by atoms with Gasteiger partial charge in [0.15, 0.2) is 0 Å². The van der Waals surface area contributed by atoms with Gasteiger partial charge in [0.25, 0.3) is 0 Å². The van der Waals surface area contributed by atoms with Crippen LogP contribution < -0.4 is 10.5 Å². The van der Waals surface area contributed by atoms with Gasteiger partial charge in [0.2, 0.25) is 0 Å². The van der Waals surface area contributed by atoms with E-state index in [1.54, 1.807) is 12.1 Å². The molecule has 0 spiro atoms. The summed E-state index contributed by atoms with van der Waals surface area (Å²) in [5.74, 6) is 0.690. The summed E-state index contributed by atoms with van der Waals surface area (Å²) in [7, 11) is 0. The standard InChI is InChI=1S/C16H16N2O2/c17-9-12-1-3-13(4-2-12)14-5-7-16(8-6-14)20-11-15(19)10-18/h1-8,15,19H,10-11,18H2. The molecule has 0 amide bonds. The topological polar surface area (TPSA) is 79.3 Å². The molecule has 0 saturated carbocycles. The molecule has 1 unspecified atom stereocenters. The van der Waals surface area contributed by atoms with Crippen molar-refractivity contribution in [3.63, 3.8) is 0 Å². The molecule has 0 aromatic heterocycles. The van der Waals surface area contributed by atoms with E-state index in [9.17, 15) is 5.11 Å². The fourth-order valence-electron chi connectivity index (χ4n) is 1.74. The van der Waals surface area contributed by atoms with E-state index in [1.807, 2.05) is 36.4 Å². The van der Waals surface area contributed by atoms with Gasteiger partial charge in [0.1, 0.15) is 18.5 Å². The molecule has 1 atom stereocenters. The molecule has 4 heteroatoms. The van der Waals surface area contributed by atoms with Crippen molar-refractivity contribution in [2.24, 2.45) is 5.73 Å². The summed E-state index contributed by atoms with van der Waals surface area (Å²) in [4.78, 5) is 0. The molecular formula is C16H16N2O2. The van der Waals surface area contributed by atoms with Crippen LogP contribution in [0.25, 0.3) is 11.1 Å². The van der Waals surface area contributed by atoms with Crippen molar-refractivity contribution in [3.8, 4) is 22.9 Å². The van der Waals surface area contributed by atoms with Crippen molar-refractivity contribution in [2.75, 3.05) is 13.2 Å². The van der Waals surface area contributed by atoms with Gasteiger partial charge in [-0.3, -0.25) is 0 Å². The third-order valence-corrected chi connectivity index (χ3v) is 2.92. The van der Waals surface area contributed by atoms with Crippen LogP contribution in [0, 0.1) is 11.3 Å². The van der Waals surface area contributed by atoms with Crippen LogP contribution in [0.1, 0.15) is 5.56 Å². The van der Waals surface area contributed by atoms with E-state index in [0.29, 0.717) is 11.3 Å².